The van der Waals surface area contributed by atoms with E-state index in [2.05, 4.69) is 0 Å². The molecule has 3 rings (SSSR count). The summed E-state index contributed by atoms with van der Waals surface area (Å²) in [4.78, 5) is 25.5. The summed E-state index contributed by atoms with van der Waals surface area (Å²) < 4.78 is 37.7. The van der Waals surface area contributed by atoms with Crippen LogP contribution in [0.2, 0.25) is 0 Å². The third-order valence-electron chi connectivity index (χ3n) is 5.04. The van der Waals surface area contributed by atoms with Crippen molar-refractivity contribution in [1.29, 1.82) is 0 Å². The predicted molar refractivity (Wildman–Crippen MR) is 74.8 cm³/mol. The second-order valence-electron chi connectivity index (χ2n) is 6.31. The van der Waals surface area contributed by atoms with Crippen molar-refractivity contribution >= 4 is 11.9 Å². The molecule has 1 N–H and O–H groups in total. The van der Waals surface area contributed by atoms with Crippen LogP contribution in [0.25, 0.3) is 0 Å². The lowest BCUT2D eigenvalue weighted by molar-refractivity contribution is -0.149. The number of aliphatic carboxylic acids is 1. The molecular weight excluding hydrogens is 311 g/mol. The summed E-state index contributed by atoms with van der Waals surface area (Å²) in [5, 5.41) is 9.51. The van der Waals surface area contributed by atoms with Gasteiger partial charge >= 0.3 is 12.1 Å². The minimum absolute atomic E-state index is 0.0709. The zero-order valence-corrected chi connectivity index (χ0v) is 12.3. The smallest absolute Gasteiger partial charge is 0.416 e. The van der Waals surface area contributed by atoms with Crippen molar-refractivity contribution in [3.63, 3.8) is 0 Å². The molecule has 4 nitrogen and oxygen atoms in total. The van der Waals surface area contributed by atoms with Crippen molar-refractivity contribution in [3.8, 4) is 0 Å². The molecule has 7 heteroatoms. The van der Waals surface area contributed by atoms with Crippen LogP contribution in [0, 0.1) is 11.3 Å². The zero-order chi connectivity index (χ0) is 16.8. The van der Waals surface area contributed by atoms with E-state index in [4.69, 9.17) is 0 Å². The molecule has 0 unspecified atom stereocenters. The maximum Gasteiger partial charge on any atom is 0.416 e. The molecule has 124 valence electrons. The number of carbonyl (C=O) groups is 2. The van der Waals surface area contributed by atoms with E-state index in [1.165, 1.54) is 4.90 Å². The Labute approximate surface area is 130 Å². The van der Waals surface area contributed by atoms with Gasteiger partial charge in [-0.3, -0.25) is 9.59 Å². The summed E-state index contributed by atoms with van der Waals surface area (Å²) in [5.74, 6) is -1.37. The van der Waals surface area contributed by atoms with E-state index in [1.807, 2.05) is 0 Å². The number of carbonyl (C=O) groups excluding carboxylic acids is 1. The number of fused-ring (bicyclic) bond motifs is 1. The van der Waals surface area contributed by atoms with E-state index in [0.717, 1.165) is 37.1 Å². The highest BCUT2D eigenvalue weighted by Crippen LogP contribution is 2.49. The molecule has 2 aliphatic rings. The molecule has 0 radical (unpaired) electrons. The average molecular weight is 327 g/mol. The minimum Gasteiger partial charge on any atom is -0.481 e. The number of amides is 1. The zero-order valence-electron chi connectivity index (χ0n) is 12.3. The lowest BCUT2D eigenvalue weighted by Gasteiger charge is -2.23. The Kier molecular flexibility index (Phi) is 3.61. The predicted octanol–water partition coefficient (Wildman–Crippen LogP) is 3.03. The summed E-state index contributed by atoms with van der Waals surface area (Å²) in [6.07, 6.45) is -2.30. The van der Waals surface area contributed by atoms with Crippen molar-refractivity contribution in [3.05, 3.63) is 35.4 Å². The average Bonchev–Trinajstić information content (AvgIpc) is 3.03. The van der Waals surface area contributed by atoms with Gasteiger partial charge in [0.15, 0.2) is 0 Å². The van der Waals surface area contributed by atoms with Crippen LogP contribution in [-0.2, 0) is 11.0 Å². The van der Waals surface area contributed by atoms with Crippen molar-refractivity contribution in [2.75, 3.05) is 13.1 Å². The van der Waals surface area contributed by atoms with Gasteiger partial charge in [-0.25, -0.2) is 0 Å². The van der Waals surface area contributed by atoms with Gasteiger partial charge in [-0.15, -0.1) is 0 Å². The monoisotopic (exact) mass is 327 g/mol. The molecule has 23 heavy (non-hydrogen) atoms. The molecule has 1 aliphatic carbocycles. The van der Waals surface area contributed by atoms with Crippen molar-refractivity contribution in [2.24, 2.45) is 11.3 Å². The number of benzene rings is 1. The Hall–Kier alpha value is -2.05. The lowest BCUT2D eigenvalue weighted by Crippen LogP contribution is -2.37. The van der Waals surface area contributed by atoms with E-state index >= 15 is 0 Å². The number of hydrogen-bond acceptors (Lipinski definition) is 2. The first-order valence-corrected chi connectivity index (χ1v) is 7.44. The SMILES string of the molecule is O=C(c1ccc(C(F)(F)F)cc1)N1C[C@@H]2CCC[C@@]2(C(=O)O)C1. The molecule has 1 aromatic rings. The van der Waals surface area contributed by atoms with E-state index in [0.29, 0.717) is 13.0 Å². The van der Waals surface area contributed by atoms with Crippen molar-refractivity contribution in [1.82, 2.24) is 4.90 Å². The topological polar surface area (TPSA) is 57.6 Å². The number of carboxylic acid groups (broad SMARTS) is 1. The van der Waals surface area contributed by atoms with Gasteiger partial charge in [0.25, 0.3) is 5.91 Å². The molecular formula is C16H16F3NO3. The normalized spacial score (nSPS) is 27.1. The molecule has 2 fully saturated rings. The Balaban J connectivity index is 1.78. The number of rotatable bonds is 2. The van der Waals surface area contributed by atoms with E-state index in [9.17, 15) is 27.9 Å². The molecule has 1 aliphatic heterocycles. The van der Waals surface area contributed by atoms with Crippen molar-refractivity contribution < 1.29 is 27.9 Å². The minimum atomic E-state index is -4.44. The Morgan fingerprint density at radius 3 is 2.39 bits per heavy atom. The molecule has 0 aromatic heterocycles. The number of nitrogens with zero attached hydrogens (tertiary/aromatic N) is 1. The van der Waals surface area contributed by atoms with Crippen LogP contribution in [0.4, 0.5) is 13.2 Å². The second kappa shape index (κ2) is 5.25. The first-order valence-electron chi connectivity index (χ1n) is 7.44. The molecule has 1 saturated heterocycles. The molecule has 1 saturated carbocycles. The van der Waals surface area contributed by atoms with E-state index in [-0.39, 0.29) is 18.0 Å². The van der Waals surface area contributed by atoms with Crippen LogP contribution in [0.1, 0.15) is 35.2 Å². The highest BCUT2D eigenvalue weighted by Gasteiger charge is 2.55. The molecule has 2 atom stereocenters. The van der Waals surface area contributed by atoms with Crippen molar-refractivity contribution in [2.45, 2.75) is 25.4 Å². The summed E-state index contributed by atoms with van der Waals surface area (Å²) in [5.41, 5.74) is -1.55. The molecule has 1 heterocycles. The van der Waals surface area contributed by atoms with Gasteiger partial charge in [0.1, 0.15) is 0 Å². The lowest BCUT2D eigenvalue weighted by atomic mass is 9.81. The summed E-state index contributed by atoms with van der Waals surface area (Å²) in [6.45, 7) is 0.485. The van der Waals surface area contributed by atoms with Gasteiger partial charge in [0.2, 0.25) is 0 Å². The van der Waals surface area contributed by atoms with Gasteiger partial charge in [0.05, 0.1) is 11.0 Å². The third-order valence-corrected chi connectivity index (χ3v) is 5.04. The van der Waals surface area contributed by atoms with Gasteiger partial charge in [-0.05, 0) is 43.0 Å². The standard InChI is InChI=1S/C16H16F3NO3/c17-16(18,19)11-5-3-10(4-6-11)13(21)20-8-12-2-1-7-15(12,9-20)14(22)23/h3-6,12H,1-2,7-9H2,(H,22,23)/t12-,15+/m0/s1. The summed E-state index contributed by atoms with van der Waals surface area (Å²) in [7, 11) is 0. The van der Waals surface area contributed by atoms with Crippen LogP contribution in [-0.4, -0.2) is 35.0 Å². The first-order chi connectivity index (χ1) is 10.7. The molecule has 0 spiro atoms. The van der Waals surface area contributed by atoms with Crippen LogP contribution >= 0.6 is 0 Å². The highest BCUT2D eigenvalue weighted by molar-refractivity contribution is 5.95. The summed E-state index contributed by atoms with van der Waals surface area (Å²) in [6, 6.07) is 4.04. The van der Waals surface area contributed by atoms with Crippen LogP contribution < -0.4 is 0 Å². The Bertz CT molecular complexity index is 641. The van der Waals surface area contributed by atoms with Crippen LogP contribution in [0.3, 0.4) is 0 Å². The number of carboxylic acids is 1. The molecule has 0 bridgehead atoms. The second-order valence-corrected chi connectivity index (χ2v) is 6.31. The molecule has 1 aromatic carbocycles. The number of likely N-dealkylation sites (tertiary alicyclic amines) is 1. The van der Waals surface area contributed by atoms with Crippen LogP contribution in [0.5, 0.6) is 0 Å². The van der Waals surface area contributed by atoms with E-state index < -0.39 is 29.0 Å². The maximum absolute atomic E-state index is 12.6. The summed E-state index contributed by atoms with van der Waals surface area (Å²) >= 11 is 0. The fourth-order valence-electron chi connectivity index (χ4n) is 3.78. The number of hydrogen-bond donors (Lipinski definition) is 1. The first kappa shape index (κ1) is 15.8. The fourth-order valence-corrected chi connectivity index (χ4v) is 3.78. The Morgan fingerprint density at radius 2 is 1.87 bits per heavy atom. The van der Waals surface area contributed by atoms with Gasteiger partial charge in [0, 0.05) is 18.7 Å². The largest absolute Gasteiger partial charge is 0.481 e. The fraction of sp³-hybridized carbons (Fsp3) is 0.500. The third kappa shape index (κ3) is 2.58. The highest BCUT2D eigenvalue weighted by atomic mass is 19.4. The molecule has 1 amide bonds. The van der Waals surface area contributed by atoms with E-state index in [1.54, 1.807) is 0 Å². The maximum atomic E-state index is 12.6. The number of alkyl halides is 3. The quantitative estimate of drug-likeness (QED) is 0.908. The number of halogens is 3. The Morgan fingerprint density at radius 1 is 1.22 bits per heavy atom. The van der Waals surface area contributed by atoms with Gasteiger partial charge in [-0.2, -0.15) is 13.2 Å². The van der Waals surface area contributed by atoms with Gasteiger partial charge in [-0.1, -0.05) is 6.42 Å². The van der Waals surface area contributed by atoms with Crippen LogP contribution in [0.15, 0.2) is 24.3 Å². The van der Waals surface area contributed by atoms with Gasteiger partial charge < -0.3 is 10.0 Å².